The van der Waals surface area contributed by atoms with Crippen LogP contribution in [0.4, 0.5) is 0 Å². The highest BCUT2D eigenvalue weighted by Gasteiger charge is 2.21. The zero-order valence-electron chi connectivity index (χ0n) is 13.1. The Kier molecular flexibility index (Phi) is 3.39. The summed E-state index contributed by atoms with van der Waals surface area (Å²) in [7, 11) is 0. The van der Waals surface area contributed by atoms with Crippen LogP contribution in [0.1, 0.15) is 12.5 Å². The number of nitrogens with zero attached hydrogens (tertiary/aromatic N) is 1. The molecule has 4 aromatic rings. The van der Waals surface area contributed by atoms with E-state index in [1.807, 2.05) is 0 Å². The van der Waals surface area contributed by atoms with Crippen molar-refractivity contribution in [2.24, 2.45) is 0 Å². The lowest BCUT2D eigenvalue weighted by Crippen LogP contribution is -2.26. The highest BCUT2D eigenvalue weighted by molar-refractivity contribution is 6.01. The van der Waals surface area contributed by atoms with Gasteiger partial charge in [0.2, 0.25) is 11.2 Å². The van der Waals surface area contributed by atoms with Crippen LogP contribution < -0.4 is 4.40 Å². The Morgan fingerprint density at radius 3 is 2.22 bits per heavy atom. The summed E-state index contributed by atoms with van der Waals surface area (Å²) in [4.78, 5) is 0. The molecule has 2 aromatic heterocycles. The summed E-state index contributed by atoms with van der Waals surface area (Å²) in [6.45, 7) is 2.07. The molecule has 0 amide bonds. The first-order valence-electron chi connectivity index (χ1n) is 7.93. The summed E-state index contributed by atoms with van der Waals surface area (Å²) in [5, 5.41) is 2.57. The topological polar surface area (TPSA) is 4.10 Å². The Hall–Kier alpha value is -2.93. The second-order valence-electron chi connectivity index (χ2n) is 5.63. The summed E-state index contributed by atoms with van der Waals surface area (Å²) in [6, 6.07) is 25.6. The maximum Gasteiger partial charge on any atom is 0.226 e. The number of hydrogen-bond donors (Lipinski definition) is 0. The standard InChI is InChI=1S/C22H18N/c1-2-10-20-18-13-6-7-14-19(18)21-15-8-9-16-23(21)22(20)17-11-4-3-5-12-17/h2-16H,1H3/q+1/b10-2+. The summed E-state index contributed by atoms with van der Waals surface area (Å²) < 4.78 is 2.30. The van der Waals surface area contributed by atoms with Crippen molar-refractivity contribution in [1.29, 1.82) is 0 Å². The van der Waals surface area contributed by atoms with E-state index in [1.165, 1.54) is 33.1 Å². The van der Waals surface area contributed by atoms with Crippen LogP contribution in [0, 0.1) is 0 Å². The van der Waals surface area contributed by atoms with Crippen molar-refractivity contribution >= 4 is 22.4 Å². The van der Waals surface area contributed by atoms with Crippen molar-refractivity contribution < 1.29 is 4.40 Å². The SMILES string of the molecule is C/C=C/c1c(-c2ccccc2)[n+]2ccccc2c2ccccc12. The second-order valence-corrected chi connectivity index (χ2v) is 5.63. The normalized spacial score (nSPS) is 11.5. The molecule has 0 saturated heterocycles. The molecule has 1 nitrogen and oxygen atoms in total. The fraction of sp³-hybridized carbons (Fsp3) is 0.0455. The predicted molar refractivity (Wildman–Crippen MR) is 97.3 cm³/mol. The number of fused-ring (bicyclic) bond motifs is 3. The third kappa shape index (κ3) is 2.22. The minimum atomic E-state index is 1.23. The Bertz CT molecular complexity index is 1010. The largest absolute Gasteiger partial charge is 0.226 e. The molecule has 0 unspecified atom stereocenters. The average molecular weight is 296 g/mol. The molecule has 2 heterocycles. The summed E-state index contributed by atoms with van der Waals surface area (Å²) >= 11 is 0. The van der Waals surface area contributed by atoms with Gasteiger partial charge in [-0.1, -0.05) is 48.6 Å². The smallest absolute Gasteiger partial charge is 0.159 e. The van der Waals surface area contributed by atoms with Crippen LogP contribution in [-0.4, -0.2) is 0 Å². The molecule has 2 aromatic carbocycles. The number of rotatable bonds is 2. The number of aromatic nitrogens is 1. The first kappa shape index (κ1) is 13.7. The van der Waals surface area contributed by atoms with Crippen molar-refractivity contribution in [3.63, 3.8) is 0 Å². The maximum atomic E-state index is 2.30. The van der Waals surface area contributed by atoms with Crippen LogP contribution in [0.25, 0.3) is 33.6 Å². The van der Waals surface area contributed by atoms with E-state index in [1.54, 1.807) is 0 Å². The highest BCUT2D eigenvalue weighted by atomic mass is 14.9. The Balaban J connectivity index is 2.28. The zero-order valence-corrected chi connectivity index (χ0v) is 13.1. The molecule has 110 valence electrons. The Labute approximate surface area is 136 Å². The van der Waals surface area contributed by atoms with Gasteiger partial charge in [-0.2, -0.15) is 4.40 Å². The van der Waals surface area contributed by atoms with Gasteiger partial charge in [-0.05, 0) is 31.2 Å². The van der Waals surface area contributed by atoms with Crippen molar-refractivity contribution in [2.45, 2.75) is 6.92 Å². The van der Waals surface area contributed by atoms with Gasteiger partial charge in [-0.3, -0.25) is 0 Å². The van der Waals surface area contributed by atoms with Crippen molar-refractivity contribution in [1.82, 2.24) is 0 Å². The first-order valence-corrected chi connectivity index (χ1v) is 7.93. The van der Waals surface area contributed by atoms with Crippen molar-refractivity contribution in [3.8, 4) is 11.3 Å². The molecule has 0 atom stereocenters. The van der Waals surface area contributed by atoms with Crippen LogP contribution in [0.5, 0.6) is 0 Å². The van der Waals surface area contributed by atoms with E-state index in [0.29, 0.717) is 0 Å². The van der Waals surface area contributed by atoms with Gasteiger partial charge in [-0.15, -0.1) is 0 Å². The number of hydrogen-bond acceptors (Lipinski definition) is 0. The lowest BCUT2D eigenvalue weighted by atomic mass is 9.97. The lowest BCUT2D eigenvalue weighted by molar-refractivity contribution is -0.498. The van der Waals surface area contributed by atoms with Gasteiger partial charge in [-0.25, -0.2) is 0 Å². The Morgan fingerprint density at radius 1 is 0.739 bits per heavy atom. The molecule has 0 aliphatic rings. The first-order chi connectivity index (χ1) is 11.4. The van der Waals surface area contributed by atoms with E-state index in [2.05, 4.69) is 102 Å². The van der Waals surface area contributed by atoms with E-state index in [9.17, 15) is 0 Å². The minimum Gasteiger partial charge on any atom is -0.159 e. The maximum absolute atomic E-state index is 2.30. The molecule has 4 rings (SSSR count). The van der Waals surface area contributed by atoms with Crippen LogP contribution in [0.2, 0.25) is 0 Å². The molecular weight excluding hydrogens is 278 g/mol. The van der Waals surface area contributed by atoms with Gasteiger partial charge >= 0.3 is 0 Å². The van der Waals surface area contributed by atoms with Crippen LogP contribution >= 0.6 is 0 Å². The number of pyridine rings is 2. The van der Waals surface area contributed by atoms with Crippen LogP contribution in [0.3, 0.4) is 0 Å². The van der Waals surface area contributed by atoms with E-state index in [4.69, 9.17) is 0 Å². The second kappa shape index (κ2) is 5.69. The molecule has 0 aliphatic heterocycles. The van der Waals surface area contributed by atoms with Gasteiger partial charge in [0.25, 0.3) is 0 Å². The molecule has 0 aliphatic carbocycles. The van der Waals surface area contributed by atoms with Gasteiger partial charge in [0.15, 0.2) is 6.20 Å². The highest BCUT2D eigenvalue weighted by Crippen LogP contribution is 2.30. The van der Waals surface area contributed by atoms with E-state index >= 15 is 0 Å². The van der Waals surface area contributed by atoms with Gasteiger partial charge in [0.1, 0.15) is 0 Å². The summed E-state index contributed by atoms with van der Waals surface area (Å²) in [5.74, 6) is 0. The molecule has 0 saturated carbocycles. The predicted octanol–water partition coefficient (Wildman–Crippen LogP) is 5.28. The van der Waals surface area contributed by atoms with Gasteiger partial charge in [0.05, 0.1) is 10.9 Å². The summed E-state index contributed by atoms with van der Waals surface area (Å²) in [5.41, 5.74) is 4.96. The molecule has 1 heteroatoms. The van der Waals surface area contributed by atoms with E-state index in [0.717, 1.165) is 0 Å². The molecular formula is C22H18N+. The van der Waals surface area contributed by atoms with Gasteiger partial charge in [0, 0.05) is 23.1 Å². The van der Waals surface area contributed by atoms with Crippen molar-refractivity contribution in [2.75, 3.05) is 0 Å². The minimum absolute atomic E-state index is 1.23. The number of benzene rings is 2. The Morgan fingerprint density at radius 2 is 1.43 bits per heavy atom. The molecule has 0 radical (unpaired) electrons. The average Bonchev–Trinajstić information content (AvgIpc) is 2.63. The monoisotopic (exact) mass is 296 g/mol. The van der Waals surface area contributed by atoms with Gasteiger partial charge < -0.3 is 0 Å². The fourth-order valence-electron chi connectivity index (χ4n) is 3.28. The lowest BCUT2D eigenvalue weighted by Gasteiger charge is -2.09. The molecule has 0 fully saturated rings. The molecule has 0 N–H and O–H groups in total. The fourth-order valence-corrected chi connectivity index (χ4v) is 3.28. The van der Waals surface area contributed by atoms with Crippen molar-refractivity contribution in [3.05, 3.63) is 90.6 Å². The molecule has 0 bridgehead atoms. The van der Waals surface area contributed by atoms with E-state index < -0.39 is 0 Å². The number of allylic oxidation sites excluding steroid dienone is 1. The van der Waals surface area contributed by atoms with E-state index in [-0.39, 0.29) is 0 Å². The van der Waals surface area contributed by atoms with Crippen LogP contribution in [0.15, 0.2) is 85.1 Å². The quantitative estimate of drug-likeness (QED) is 0.350. The zero-order chi connectivity index (χ0) is 15.6. The third-order valence-corrected chi connectivity index (χ3v) is 4.23. The molecule has 0 spiro atoms. The summed E-state index contributed by atoms with van der Waals surface area (Å²) in [6.07, 6.45) is 6.48. The van der Waals surface area contributed by atoms with Crippen LogP contribution in [-0.2, 0) is 0 Å². The molecule has 23 heavy (non-hydrogen) atoms. The third-order valence-electron chi connectivity index (χ3n) is 4.23.